The summed E-state index contributed by atoms with van der Waals surface area (Å²) in [5.74, 6) is -2.00. The van der Waals surface area contributed by atoms with Gasteiger partial charge in [-0.2, -0.15) is 0 Å². The molecule has 1 aliphatic rings. The molecule has 2 aromatic rings. The number of H-pyrrole nitrogens is 1. The SMILES string of the molecule is CCOC(=O)c1[nH]c(C)c(C(O)=C2C(=O)C(=O)N(CCCN(C)C)[C@H]2c2ccco2)c1C. The number of carbonyl (C=O) groups is 3. The molecule has 0 aliphatic carbocycles. The number of aliphatic hydroxyl groups excluding tert-OH is 1. The fourth-order valence-electron chi connectivity index (χ4n) is 4.06. The van der Waals surface area contributed by atoms with Gasteiger partial charge in [0.25, 0.3) is 11.7 Å². The van der Waals surface area contributed by atoms with Crippen molar-refractivity contribution in [1.29, 1.82) is 0 Å². The second kappa shape index (κ2) is 9.44. The summed E-state index contributed by atoms with van der Waals surface area (Å²) in [5, 5.41) is 11.3. The molecule has 172 valence electrons. The van der Waals surface area contributed by atoms with E-state index in [1.807, 2.05) is 19.0 Å². The van der Waals surface area contributed by atoms with Gasteiger partial charge in [0.15, 0.2) is 0 Å². The lowest BCUT2D eigenvalue weighted by Crippen LogP contribution is -2.32. The number of Topliss-reactive ketones (excluding diaryl/α,β-unsaturated/α-hetero) is 1. The Morgan fingerprint density at radius 3 is 2.62 bits per heavy atom. The molecule has 0 spiro atoms. The van der Waals surface area contributed by atoms with Gasteiger partial charge in [-0.1, -0.05) is 0 Å². The lowest BCUT2D eigenvalue weighted by molar-refractivity contribution is -0.140. The largest absolute Gasteiger partial charge is 0.507 e. The summed E-state index contributed by atoms with van der Waals surface area (Å²) in [6.45, 7) is 6.29. The Hall–Kier alpha value is -3.33. The van der Waals surface area contributed by atoms with Crippen LogP contribution in [-0.4, -0.2) is 71.3 Å². The molecule has 0 saturated carbocycles. The van der Waals surface area contributed by atoms with E-state index >= 15 is 0 Å². The molecule has 2 aromatic heterocycles. The number of ether oxygens (including phenoxy) is 1. The number of nitrogens with zero attached hydrogens (tertiary/aromatic N) is 2. The highest BCUT2D eigenvalue weighted by Gasteiger charge is 2.47. The molecule has 9 heteroatoms. The number of aromatic nitrogens is 1. The van der Waals surface area contributed by atoms with Crippen molar-refractivity contribution in [2.75, 3.05) is 33.8 Å². The molecule has 0 radical (unpaired) electrons. The van der Waals surface area contributed by atoms with E-state index in [1.54, 1.807) is 32.9 Å². The first-order chi connectivity index (χ1) is 15.2. The summed E-state index contributed by atoms with van der Waals surface area (Å²) >= 11 is 0. The van der Waals surface area contributed by atoms with Crippen LogP contribution < -0.4 is 0 Å². The van der Waals surface area contributed by atoms with Crippen molar-refractivity contribution in [3.63, 3.8) is 0 Å². The highest BCUT2D eigenvalue weighted by molar-refractivity contribution is 6.46. The smallest absolute Gasteiger partial charge is 0.355 e. The van der Waals surface area contributed by atoms with Gasteiger partial charge in [-0.25, -0.2) is 4.79 Å². The average molecular weight is 444 g/mol. The Morgan fingerprint density at radius 2 is 2.03 bits per heavy atom. The van der Waals surface area contributed by atoms with Crippen LogP contribution in [-0.2, 0) is 14.3 Å². The van der Waals surface area contributed by atoms with E-state index in [4.69, 9.17) is 9.15 Å². The molecule has 0 aromatic carbocycles. The average Bonchev–Trinajstić information content (AvgIpc) is 3.41. The number of nitrogens with one attached hydrogen (secondary N) is 1. The number of furan rings is 1. The van der Waals surface area contributed by atoms with Crippen molar-refractivity contribution in [2.45, 2.75) is 33.2 Å². The first kappa shape index (κ1) is 23.3. The van der Waals surface area contributed by atoms with Gasteiger partial charge in [0.2, 0.25) is 0 Å². The third-order valence-corrected chi connectivity index (χ3v) is 5.51. The normalized spacial score (nSPS) is 18.1. The van der Waals surface area contributed by atoms with Crippen molar-refractivity contribution in [3.8, 4) is 0 Å². The molecule has 1 fully saturated rings. The van der Waals surface area contributed by atoms with Gasteiger partial charge in [0.1, 0.15) is 23.3 Å². The molecular formula is C23H29N3O6. The second-order valence-corrected chi connectivity index (χ2v) is 8.01. The summed E-state index contributed by atoms with van der Waals surface area (Å²) in [5.41, 5.74) is 1.36. The van der Waals surface area contributed by atoms with Crippen LogP contribution in [0.3, 0.4) is 0 Å². The number of rotatable bonds is 8. The summed E-state index contributed by atoms with van der Waals surface area (Å²) in [6.07, 6.45) is 2.10. The van der Waals surface area contributed by atoms with Crippen molar-refractivity contribution in [1.82, 2.24) is 14.8 Å². The Labute approximate surface area is 186 Å². The molecule has 1 saturated heterocycles. The zero-order valence-electron chi connectivity index (χ0n) is 19.0. The third kappa shape index (κ3) is 4.20. The molecule has 1 amide bonds. The number of hydrogen-bond acceptors (Lipinski definition) is 7. The number of amides is 1. The Balaban J connectivity index is 2.10. The van der Waals surface area contributed by atoms with E-state index in [-0.39, 0.29) is 23.6 Å². The maximum Gasteiger partial charge on any atom is 0.355 e. The first-order valence-electron chi connectivity index (χ1n) is 10.5. The van der Waals surface area contributed by atoms with Crippen LogP contribution in [0.25, 0.3) is 5.76 Å². The lowest BCUT2D eigenvalue weighted by atomic mass is 9.97. The van der Waals surface area contributed by atoms with E-state index in [2.05, 4.69) is 4.98 Å². The fraction of sp³-hybridized carbons (Fsp3) is 0.435. The van der Waals surface area contributed by atoms with Gasteiger partial charge >= 0.3 is 5.97 Å². The van der Waals surface area contributed by atoms with Crippen LogP contribution in [0.1, 0.15) is 52.5 Å². The summed E-state index contributed by atoms with van der Waals surface area (Å²) in [7, 11) is 3.85. The molecular weight excluding hydrogens is 414 g/mol. The zero-order valence-corrected chi connectivity index (χ0v) is 19.0. The van der Waals surface area contributed by atoms with Crippen LogP contribution in [0.5, 0.6) is 0 Å². The van der Waals surface area contributed by atoms with Gasteiger partial charge < -0.3 is 29.0 Å². The van der Waals surface area contributed by atoms with Gasteiger partial charge in [-0.05, 0) is 65.5 Å². The second-order valence-electron chi connectivity index (χ2n) is 8.01. The topological polar surface area (TPSA) is 116 Å². The third-order valence-electron chi connectivity index (χ3n) is 5.51. The standard InChI is InChI=1S/C23H29N3O6/c1-6-31-23(30)18-13(2)16(14(3)24-18)20(27)17-19(15-9-7-12-32-15)26(22(29)21(17)28)11-8-10-25(4)5/h7,9,12,19,24,27H,6,8,10-11H2,1-5H3/t19-/m0/s1. The van der Waals surface area contributed by atoms with Crippen molar-refractivity contribution < 1.29 is 28.6 Å². The molecule has 1 aliphatic heterocycles. The number of hydrogen-bond donors (Lipinski definition) is 2. The highest BCUT2D eigenvalue weighted by atomic mass is 16.5. The lowest BCUT2D eigenvalue weighted by Gasteiger charge is -2.24. The highest BCUT2D eigenvalue weighted by Crippen LogP contribution is 2.41. The number of ketones is 1. The van der Waals surface area contributed by atoms with Crippen LogP contribution in [0.4, 0.5) is 0 Å². The van der Waals surface area contributed by atoms with Crippen LogP contribution in [0, 0.1) is 13.8 Å². The summed E-state index contributed by atoms with van der Waals surface area (Å²) < 4.78 is 10.6. The van der Waals surface area contributed by atoms with Crippen LogP contribution in [0.15, 0.2) is 28.4 Å². The van der Waals surface area contributed by atoms with Crippen LogP contribution >= 0.6 is 0 Å². The minimum absolute atomic E-state index is 0.0598. The predicted molar refractivity (Wildman–Crippen MR) is 117 cm³/mol. The van der Waals surface area contributed by atoms with E-state index in [0.29, 0.717) is 35.5 Å². The van der Waals surface area contributed by atoms with Gasteiger partial charge in [-0.3, -0.25) is 9.59 Å². The zero-order chi connectivity index (χ0) is 23.6. The maximum absolute atomic E-state index is 13.0. The molecule has 3 rings (SSSR count). The maximum atomic E-state index is 13.0. The summed E-state index contributed by atoms with van der Waals surface area (Å²) in [6, 6.07) is 2.48. The Bertz CT molecular complexity index is 1050. The summed E-state index contributed by atoms with van der Waals surface area (Å²) in [4.78, 5) is 44.5. The molecule has 2 N–H and O–H groups in total. The van der Waals surface area contributed by atoms with E-state index < -0.39 is 23.7 Å². The van der Waals surface area contributed by atoms with E-state index in [9.17, 15) is 19.5 Å². The minimum Gasteiger partial charge on any atom is -0.507 e. The van der Waals surface area contributed by atoms with Gasteiger partial charge in [0.05, 0.1) is 18.4 Å². The van der Waals surface area contributed by atoms with Crippen molar-refractivity contribution >= 4 is 23.4 Å². The van der Waals surface area contributed by atoms with E-state index in [1.165, 1.54) is 11.2 Å². The molecule has 9 nitrogen and oxygen atoms in total. The number of carbonyl (C=O) groups excluding carboxylic acids is 3. The number of aromatic amines is 1. The van der Waals surface area contributed by atoms with E-state index in [0.717, 1.165) is 6.54 Å². The quantitative estimate of drug-likeness (QED) is 0.279. The predicted octanol–water partition coefficient (Wildman–Crippen LogP) is 2.77. The monoisotopic (exact) mass is 443 g/mol. The number of esters is 1. The van der Waals surface area contributed by atoms with Gasteiger partial charge in [0, 0.05) is 17.8 Å². The molecule has 0 unspecified atom stereocenters. The molecule has 3 heterocycles. The molecule has 0 bridgehead atoms. The Kier molecular flexibility index (Phi) is 6.88. The molecule has 1 atom stereocenters. The number of likely N-dealkylation sites (tertiary alicyclic amines) is 1. The Morgan fingerprint density at radius 1 is 1.31 bits per heavy atom. The minimum atomic E-state index is -0.855. The fourth-order valence-corrected chi connectivity index (χ4v) is 4.06. The van der Waals surface area contributed by atoms with Crippen LogP contribution in [0.2, 0.25) is 0 Å². The van der Waals surface area contributed by atoms with Crippen molar-refractivity contribution in [2.24, 2.45) is 0 Å². The van der Waals surface area contributed by atoms with Gasteiger partial charge in [-0.15, -0.1) is 0 Å². The first-order valence-corrected chi connectivity index (χ1v) is 10.5. The van der Waals surface area contributed by atoms with Crippen molar-refractivity contribution in [3.05, 3.63) is 52.2 Å². The molecule has 32 heavy (non-hydrogen) atoms. The number of aliphatic hydroxyl groups is 1. The number of aryl methyl sites for hydroxylation is 1.